The smallest absolute Gasteiger partial charge is 0.243 e. The molecule has 3 aliphatic rings. The second-order valence-electron chi connectivity index (χ2n) is 8.24. The summed E-state index contributed by atoms with van der Waals surface area (Å²) in [5.74, 6) is -3.79. The van der Waals surface area contributed by atoms with E-state index in [4.69, 9.17) is 4.74 Å². The third-order valence-electron chi connectivity index (χ3n) is 6.07. The van der Waals surface area contributed by atoms with Gasteiger partial charge in [-0.05, 0) is 25.0 Å². The van der Waals surface area contributed by atoms with Crippen LogP contribution < -0.4 is 4.74 Å². The average Bonchev–Trinajstić information content (AvgIpc) is 3.51. The molecule has 11 heteroatoms. The van der Waals surface area contributed by atoms with Gasteiger partial charge in [-0.25, -0.2) is 26.6 Å². The second kappa shape index (κ2) is 7.72. The van der Waals surface area contributed by atoms with Crippen molar-refractivity contribution < 1.29 is 26.3 Å². The highest BCUT2D eigenvalue weighted by Gasteiger charge is 2.41. The van der Waals surface area contributed by atoms with Gasteiger partial charge in [-0.3, -0.25) is 9.88 Å². The van der Waals surface area contributed by atoms with Crippen molar-refractivity contribution >= 4 is 10.0 Å². The number of hydrogen-bond acceptors (Lipinski definition) is 6. The van der Waals surface area contributed by atoms with Crippen molar-refractivity contribution in [1.29, 1.82) is 0 Å². The van der Waals surface area contributed by atoms with E-state index in [2.05, 4.69) is 14.9 Å². The van der Waals surface area contributed by atoms with Gasteiger partial charge < -0.3 is 4.74 Å². The molecule has 1 aromatic heterocycles. The lowest BCUT2D eigenvalue weighted by atomic mass is 10.2. The molecule has 31 heavy (non-hydrogen) atoms. The summed E-state index contributed by atoms with van der Waals surface area (Å²) in [5.41, 5.74) is 0.978. The standard InChI is InChI=1S/C20H21F3N4O3S/c21-16-6-15(7-17(22)20(16)23)31(28,29)27-4-3-26-11-14(5-13(26)10-27)30-19-9-24-18(8-25-19)12-1-2-12/h6-9,12-14H,1-5,10-11H2/t13-,14-/m0/s1. The Kier molecular flexibility index (Phi) is 5.14. The molecule has 1 aliphatic carbocycles. The molecule has 7 nitrogen and oxygen atoms in total. The van der Waals surface area contributed by atoms with Gasteiger partial charge in [0.05, 0.1) is 23.0 Å². The van der Waals surface area contributed by atoms with E-state index in [1.807, 2.05) is 0 Å². The lowest BCUT2D eigenvalue weighted by molar-refractivity contribution is 0.151. The zero-order valence-electron chi connectivity index (χ0n) is 16.5. The van der Waals surface area contributed by atoms with E-state index >= 15 is 0 Å². The fourth-order valence-electron chi connectivity index (χ4n) is 4.25. The molecular formula is C20H21F3N4O3S. The van der Waals surface area contributed by atoms with E-state index in [0.717, 1.165) is 18.5 Å². The second-order valence-corrected chi connectivity index (χ2v) is 10.2. The Morgan fingerprint density at radius 2 is 1.74 bits per heavy atom. The van der Waals surface area contributed by atoms with Crippen molar-refractivity contribution in [1.82, 2.24) is 19.2 Å². The SMILES string of the molecule is O=S(=O)(c1cc(F)c(F)c(F)c1)N1CCN2C[C@@H](Oc3cnc(C4CC4)cn3)C[C@H]2C1. The van der Waals surface area contributed by atoms with E-state index < -0.39 is 32.4 Å². The van der Waals surface area contributed by atoms with Crippen molar-refractivity contribution in [2.24, 2.45) is 0 Å². The molecule has 2 saturated heterocycles. The summed E-state index contributed by atoms with van der Waals surface area (Å²) in [4.78, 5) is 10.3. The number of fused-ring (bicyclic) bond motifs is 1. The van der Waals surface area contributed by atoms with Crippen LogP contribution in [0, 0.1) is 17.5 Å². The maximum absolute atomic E-state index is 13.5. The van der Waals surface area contributed by atoms with Gasteiger partial charge in [0.1, 0.15) is 6.10 Å². The summed E-state index contributed by atoms with van der Waals surface area (Å²) >= 11 is 0. The Hall–Kier alpha value is -2.24. The van der Waals surface area contributed by atoms with Gasteiger partial charge in [0.2, 0.25) is 15.9 Å². The van der Waals surface area contributed by atoms with Crippen LogP contribution in [0.3, 0.4) is 0 Å². The number of aromatic nitrogens is 2. The van der Waals surface area contributed by atoms with Gasteiger partial charge in [0.15, 0.2) is 17.5 Å². The molecule has 2 aromatic rings. The fraction of sp³-hybridized carbons (Fsp3) is 0.500. The van der Waals surface area contributed by atoms with Crippen LogP contribution in [0.1, 0.15) is 30.9 Å². The van der Waals surface area contributed by atoms with Crippen molar-refractivity contribution in [2.45, 2.75) is 42.2 Å². The van der Waals surface area contributed by atoms with Gasteiger partial charge >= 0.3 is 0 Å². The van der Waals surface area contributed by atoms with E-state index in [0.29, 0.717) is 43.4 Å². The molecule has 0 N–H and O–H groups in total. The zero-order valence-corrected chi connectivity index (χ0v) is 17.4. The average molecular weight is 454 g/mol. The van der Waals surface area contributed by atoms with E-state index in [9.17, 15) is 21.6 Å². The number of halogens is 3. The molecule has 166 valence electrons. The first kappa shape index (κ1) is 20.7. The predicted octanol–water partition coefficient (Wildman–Crippen LogP) is 2.30. The Morgan fingerprint density at radius 3 is 2.39 bits per heavy atom. The lowest BCUT2D eigenvalue weighted by Gasteiger charge is -2.36. The number of nitrogens with zero attached hydrogens (tertiary/aromatic N) is 4. The summed E-state index contributed by atoms with van der Waals surface area (Å²) < 4.78 is 73.2. The first-order valence-electron chi connectivity index (χ1n) is 10.2. The van der Waals surface area contributed by atoms with Crippen molar-refractivity contribution in [3.63, 3.8) is 0 Å². The molecule has 0 spiro atoms. The van der Waals surface area contributed by atoms with Gasteiger partial charge in [0.25, 0.3) is 0 Å². The predicted molar refractivity (Wildman–Crippen MR) is 103 cm³/mol. The Bertz CT molecular complexity index is 1070. The largest absolute Gasteiger partial charge is 0.472 e. The van der Waals surface area contributed by atoms with E-state index in [1.54, 1.807) is 12.4 Å². The molecule has 5 rings (SSSR count). The van der Waals surface area contributed by atoms with Gasteiger partial charge in [-0.2, -0.15) is 4.31 Å². The summed E-state index contributed by atoms with van der Waals surface area (Å²) in [6, 6.07) is 0.942. The number of piperazine rings is 1. The monoisotopic (exact) mass is 454 g/mol. The number of ether oxygens (including phenoxy) is 1. The van der Waals surface area contributed by atoms with Gasteiger partial charge in [-0.1, -0.05) is 0 Å². The molecular weight excluding hydrogens is 433 g/mol. The zero-order chi connectivity index (χ0) is 21.8. The highest BCUT2D eigenvalue weighted by Crippen LogP contribution is 2.38. The molecule has 0 bridgehead atoms. The lowest BCUT2D eigenvalue weighted by Crippen LogP contribution is -2.51. The molecule has 2 atom stereocenters. The number of sulfonamides is 1. The van der Waals surface area contributed by atoms with Crippen LogP contribution in [0.2, 0.25) is 0 Å². The topological polar surface area (TPSA) is 75.6 Å². The van der Waals surface area contributed by atoms with Crippen LogP contribution in [0.5, 0.6) is 5.88 Å². The van der Waals surface area contributed by atoms with Gasteiger partial charge in [0, 0.05) is 44.6 Å². The Morgan fingerprint density at radius 1 is 1.00 bits per heavy atom. The third-order valence-corrected chi connectivity index (χ3v) is 7.91. The van der Waals surface area contributed by atoms with Crippen LogP contribution in [-0.2, 0) is 10.0 Å². The molecule has 2 aliphatic heterocycles. The summed E-state index contributed by atoms with van der Waals surface area (Å²) in [6.07, 6.45) is 6.08. The summed E-state index contributed by atoms with van der Waals surface area (Å²) in [6.45, 7) is 1.42. The molecule has 3 fully saturated rings. The molecule has 1 aromatic carbocycles. The van der Waals surface area contributed by atoms with Crippen molar-refractivity contribution in [3.8, 4) is 5.88 Å². The number of rotatable bonds is 5. The Labute approximate surface area is 177 Å². The van der Waals surface area contributed by atoms with Crippen LogP contribution in [0.25, 0.3) is 0 Å². The van der Waals surface area contributed by atoms with E-state index in [1.165, 1.54) is 4.31 Å². The molecule has 0 unspecified atom stereocenters. The first-order valence-corrected chi connectivity index (χ1v) is 11.6. The summed E-state index contributed by atoms with van der Waals surface area (Å²) in [5, 5.41) is 0. The van der Waals surface area contributed by atoms with Crippen LogP contribution in [0.4, 0.5) is 13.2 Å². The minimum absolute atomic E-state index is 0.0950. The molecule has 1 saturated carbocycles. The maximum Gasteiger partial charge on any atom is 0.243 e. The van der Waals surface area contributed by atoms with Crippen LogP contribution >= 0.6 is 0 Å². The van der Waals surface area contributed by atoms with Crippen LogP contribution in [-0.4, -0.2) is 65.9 Å². The quantitative estimate of drug-likeness (QED) is 0.646. The van der Waals surface area contributed by atoms with Crippen LogP contribution in [0.15, 0.2) is 29.4 Å². The van der Waals surface area contributed by atoms with E-state index in [-0.39, 0.29) is 25.2 Å². The van der Waals surface area contributed by atoms with Gasteiger partial charge in [-0.15, -0.1) is 0 Å². The summed E-state index contributed by atoms with van der Waals surface area (Å²) in [7, 11) is -4.15. The third kappa shape index (κ3) is 4.01. The van der Waals surface area contributed by atoms with Crippen molar-refractivity contribution in [2.75, 3.05) is 26.2 Å². The normalized spacial score (nSPS) is 24.9. The fourth-order valence-corrected chi connectivity index (χ4v) is 5.74. The number of benzene rings is 1. The first-order chi connectivity index (χ1) is 14.8. The molecule has 0 amide bonds. The molecule has 3 heterocycles. The minimum atomic E-state index is -4.15. The minimum Gasteiger partial charge on any atom is -0.472 e. The number of hydrogen-bond donors (Lipinski definition) is 0. The maximum atomic E-state index is 13.5. The Balaban J connectivity index is 1.25. The highest BCUT2D eigenvalue weighted by molar-refractivity contribution is 7.89. The molecule has 0 radical (unpaired) electrons. The van der Waals surface area contributed by atoms with Crippen molar-refractivity contribution in [3.05, 3.63) is 47.7 Å². The highest BCUT2D eigenvalue weighted by atomic mass is 32.2.